The molecule has 72 valence electrons. The first kappa shape index (κ1) is 10.2. The summed E-state index contributed by atoms with van der Waals surface area (Å²) in [6, 6.07) is 11.0. The summed E-state index contributed by atoms with van der Waals surface area (Å²) < 4.78 is 0. The molecule has 1 aromatic rings. The lowest BCUT2D eigenvalue weighted by atomic mass is 10.0. The minimum atomic E-state index is 0.185. The van der Waals surface area contributed by atoms with Crippen molar-refractivity contribution in [3.63, 3.8) is 0 Å². The molecule has 0 saturated heterocycles. The third-order valence-electron chi connectivity index (χ3n) is 2.30. The molecule has 0 radical (unpaired) electrons. The molecule has 2 unspecified atom stereocenters. The highest BCUT2D eigenvalue weighted by Crippen LogP contribution is 2.04. The summed E-state index contributed by atoms with van der Waals surface area (Å²) in [4.78, 5) is 0. The maximum absolute atomic E-state index is 5.83. The molecule has 0 amide bonds. The van der Waals surface area contributed by atoms with Crippen LogP contribution in [0.4, 0.5) is 0 Å². The number of likely N-dealkylation sites (N-methyl/N-ethyl adjacent to an activating group) is 1. The van der Waals surface area contributed by atoms with Gasteiger partial charge in [-0.05, 0) is 26.0 Å². The predicted molar refractivity (Wildman–Crippen MR) is 56.6 cm³/mol. The average molecular weight is 178 g/mol. The molecular weight excluding hydrogens is 160 g/mol. The van der Waals surface area contributed by atoms with Crippen LogP contribution in [0, 0.1) is 0 Å². The smallest absolute Gasteiger partial charge is 0.0253 e. The number of hydrogen-bond acceptors (Lipinski definition) is 2. The Morgan fingerprint density at radius 2 is 1.92 bits per heavy atom. The van der Waals surface area contributed by atoms with Crippen molar-refractivity contribution in [2.24, 2.45) is 5.73 Å². The highest BCUT2D eigenvalue weighted by Gasteiger charge is 2.10. The van der Waals surface area contributed by atoms with Crippen LogP contribution in [0.2, 0.25) is 0 Å². The van der Waals surface area contributed by atoms with Gasteiger partial charge in [0, 0.05) is 12.1 Å². The number of nitrogens with two attached hydrogens (primary N) is 1. The minimum absolute atomic E-state index is 0.185. The number of nitrogens with one attached hydrogen (secondary N) is 1. The number of benzene rings is 1. The summed E-state index contributed by atoms with van der Waals surface area (Å²) in [6.07, 6.45) is 0.995. The Labute approximate surface area is 80.1 Å². The van der Waals surface area contributed by atoms with E-state index in [1.165, 1.54) is 5.56 Å². The molecule has 0 bridgehead atoms. The lowest BCUT2D eigenvalue weighted by Gasteiger charge is -2.19. The van der Waals surface area contributed by atoms with Gasteiger partial charge in [-0.25, -0.2) is 0 Å². The first-order chi connectivity index (χ1) is 6.24. The fourth-order valence-corrected chi connectivity index (χ4v) is 1.42. The van der Waals surface area contributed by atoms with Crippen LogP contribution in [-0.2, 0) is 6.42 Å². The first-order valence-corrected chi connectivity index (χ1v) is 4.71. The van der Waals surface area contributed by atoms with Crippen LogP contribution < -0.4 is 11.1 Å². The Kier molecular flexibility index (Phi) is 3.93. The Morgan fingerprint density at radius 1 is 1.31 bits per heavy atom. The normalized spacial score (nSPS) is 15.3. The maximum atomic E-state index is 5.83. The zero-order chi connectivity index (χ0) is 9.68. The minimum Gasteiger partial charge on any atom is -0.327 e. The van der Waals surface area contributed by atoms with E-state index in [2.05, 4.69) is 29.6 Å². The van der Waals surface area contributed by atoms with Crippen molar-refractivity contribution in [3.05, 3.63) is 35.9 Å². The van der Waals surface area contributed by atoms with E-state index in [4.69, 9.17) is 5.73 Å². The summed E-state index contributed by atoms with van der Waals surface area (Å²) in [5.41, 5.74) is 7.17. The summed E-state index contributed by atoms with van der Waals surface area (Å²) in [6.45, 7) is 2.03. The molecule has 3 N–H and O–H groups in total. The monoisotopic (exact) mass is 178 g/mol. The highest BCUT2D eigenvalue weighted by molar-refractivity contribution is 5.16. The van der Waals surface area contributed by atoms with Crippen LogP contribution in [0.15, 0.2) is 30.3 Å². The molecule has 2 nitrogen and oxygen atoms in total. The van der Waals surface area contributed by atoms with E-state index in [9.17, 15) is 0 Å². The predicted octanol–water partition coefficient (Wildman–Crippen LogP) is 1.16. The molecule has 0 saturated carbocycles. The Balaban J connectivity index is 2.57. The van der Waals surface area contributed by atoms with Gasteiger partial charge in [-0.1, -0.05) is 30.3 Å². The second kappa shape index (κ2) is 5.00. The fraction of sp³-hybridized carbons (Fsp3) is 0.455. The summed E-state index contributed by atoms with van der Waals surface area (Å²) >= 11 is 0. The number of rotatable bonds is 4. The Morgan fingerprint density at radius 3 is 2.38 bits per heavy atom. The van der Waals surface area contributed by atoms with E-state index in [-0.39, 0.29) is 6.04 Å². The quantitative estimate of drug-likeness (QED) is 0.726. The van der Waals surface area contributed by atoms with E-state index < -0.39 is 0 Å². The van der Waals surface area contributed by atoms with Crippen LogP contribution >= 0.6 is 0 Å². The Hall–Kier alpha value is -0.860. The van der Waals surface area contributed by atoms with Crippen molar-refractivity contribution in [2.45, 2.75) is 25.4 Å². The highest BCUT2D eigenvalue weighted by atomic mass is 14.9. The van der Waals surface area contributed by atoms with Gasteiger partial charge in [0.1, 0.15) is 0 Å². The van der Waals surface area contributed by atoms with Crippen LogP contribution in [0.3, 0.4) is 0 Å². The van der Waals surface area contributed by atoms with E-state index in [1.54, 1.807) is 0 Å². The summed E-state index contributed by atoms with van der Waals surface area (Å²) in [7, 11) is 1.96. The van der Waals surface area contributed by atoms with Gasteiger partial charge in [-0.2, -0.15) is 0 Å². The van der Waals surface area contributed by atoms with Crippen LogP contribution in [-0.4, -0.2) is 19.1 Å². The molecule has 2 atom stereocenters. The molecule has 0 aliphatic heterocycles. The fourth-order valence-electron chi connectivity index (χ4n) is 1.42. The van der Waals surface area contributed by atoms with Gasteiger partial charge in [0.2, 0.25) is 0 Å². The van der Waals surface area contributed by atoms with Gasteiger partial charge in [-0.3, -0.25) is 0 Å². The lowest BCUT2D eigenvalue weighted by Crippen LogP contribution is -2.42. The van der Waals surface area contributed by atoms with Crippen molar-refractivity contribution in [3.8, 4) is 0 Å². The average Bonchev–Trinajstić information content (AvgIpc) is 2.15. The van der Waals surface area contributed by atoms with Crippen molar-refractivity contribution < 1.29 is 0 Å². The molecule has 1 rings (SSSR count). The van der Waals surface area contributed by atoms with E-state index in [0.717, 1.165) is 6.42 Å². The van der Waals surface area contributed by atoms with Crippen molar-refractivity contribution in [2.75, 3.05) is 7.05 Å². The number of hydrogen-bond donors (Lipinski definition) is 2. The van der Waals surface area contributed by atoms with Crippen molar-refractivity contribution in [1.29, 1.82) is 0 Å². The van der Waals surface area contributed by atoms with E-state index in [0.29, 0.717) is 6.04 Å². The van der Waals surface area contributed by atoms with Gasteiger partial charge in [0.25, 0.3) is 0 Å². The maximum Gasteiger partial charge on any atom is 0.0253 e. The molecular formula is C11H18N2. The van der Waals surface area contributed by atoms with Gasteiger partial charge in [0.05, 0.1) is 0 Å². The van der Waals surface area contributed by atoms with E-state index in [1.807, 2.05) is 20.0 Å². The molecule has 0 fully saturated rings. The summed E-state index contributed by atoms with van der Waals surface area (Å²) in [5, 5.41) is 3.22. The second-order valence-electron chi connectivity index (χ2n) is 3.44. The van der Waals surface area contributed by atoms with Crippen molar-refractivity contribution >= 4 is 0 Å². The van der Waals surface area contributed by atoms with Gasteiger partial charge in [0.15, 0.2) is 0 Å². The lowest BCUT2D eigenvalue weighted by molar-refractivity contribution is 0.480. The second-order valence-corrected chi connectivity index (χ2v) is 3.44. The van der Waals surface area contributed by atoms with Gasteiger partial charge < -0.3 is 11.1 Å². The molecule has 0 aliphatic rings. The SMILES string of the molecule is CNC(Cc1ccccc1)C(C)N. The molecule has 2 heteroatoms. The molecule has 0 aromatic heterocycles. The van der Waals surface area contributed by atoms with Crippen LogP contribution in [0.25, 0.3) is 0 Å². The zero-order valence-electron chi connectivity index (χ0n) is 8.33. The summed E-state index contributed by atoms with van der Waals surface area (Å²) in [5.74, 6) is 0. The van der Waals surface area contributed by atoms with Crippen LogP contribution in [0.5, 0.6) is 0 Å². The standard InChI is InChI=1S/C11H18N2/c1-9(12)11(13-2)8-10-6-4-3-5-7-10/h3-7,9,11,13H,8,12H2,1-2H3. The zero-order valence-corrected chi connectivity index (χ0v) is 8.33. The van der Waals surface area contributed by atoms with Crippen LogP contribution in [0.1, 0.15) is 12.5 Å². The van der Waals surface area contributed by atoms with Gasteiger partial charge >= 0.3 is 0 Å². The first-order valence-electron chi connectivity index (χ1n) is 4.71. The third kappa shape index (κ3) is 3.17. The van der Waals surface area contributed by atoms with E-state index >= 15 is 0 Å². The Bertz CT molecular complexity index is 231. The molecule has 0 aliphatic carbocycles. The molecule has 0 heterocycles. The molecule has 0 spiro atoms. The third-order valence-corrected chi connectivity index (χ3v) is 2.30. The largest absolute Gasteiger partial charge is 0.327 e. The van der Waals surface area contributed by atoms with Crippen molar-refractivity contribution in [1.82, 2.24) is 5.32 Å². The topological polar surface area (TPSA) is 38.0 Å². The molecule has 13 heavy (non-hydrogen) atoms. The van der Waals surface area contributed by atoms with Gasteiger partial charge in [-0.15, -0.1) is 0 Å². The molecule has 1 aromatic carbocycles.